The third-order valence-electron chi connectivity index (χ3n) is 3.93. The van der Waals surface area contributed by atoms with Gasteiger partial charge in [0.05, 0.1) is 16.8 Å². The Balaban J connectivity index is 1.67. The Morgan fingerprint density at radius 1 is 1.14 bits per heavy atom. The van der Waals surface area contributed by atoms with Gasteiger partial charge in [0.1, 0.15) is 5.01 Å². The average Bonchev–Trinajstić information content (AvgIpc) is 2.89. The largest absolute Gasteiger partial charge is 0.363 e. The molecule has 1 unspecified atom stereocenters. The first-order valence-electron chi connectivity index (χ1n) is 7.22. The Morgan fingerprint density at radius 2 is 1.95 bits per heavy atom. The number of nitrogens with two attached hydrogens (primary N) is 1. The topological polar surface area (TPSA) is 42.1 Å². The van der Waals surface area contributed by atoms with Crippen molar-refractivity contribution in [1.82, 2.24) is 4.98 Å². The van der Waals surface area contributed by atoms with E-state index in [0.717, 1.165) is 30.0 Å². The summed E-state index contributed by atoms with van der Waals surface area (Å²) in [5, 5.41) is 1.15. The zero-order valence-electron chi connectivity index (χ0n) is 11.7. The van der Waals surface area contributed by atoms with Crippen molar-refractivity contribution >= 4 is 27.2 Å². The Labute approximate surface area is 128 Å². The first-order valence-corrected chi connectivity index (χ1v) is 8.04. The Morgan fingerprint density at radius 3 is 2.86 bits per heavy atom. The molecule has 1 aromatic heterocycles. The monoisotopic (exact) mass is 295 g/mol. The van der Waals surface area contributed by atoms with Gasteiger partial charge in [-0.1, -0.05) is 30.3 Å². The van der Waals surface area contributed by atoms with Crippen LogP contribution < -0.4 is 10.6 Å². The van der Waals surface area contributed by atoms with Crippen molar-refractivity contribution in [3.63, 3.8) is 0 Å². The first kappa shape index (κ1) is 12.8. The van der Waals surface area contributed by atoms with Gasteiger partial charge in [0, 0.05) is 18.3 Å². The molecule has 0 fully saturated rings. The Bertz CT molecular complexity index is 747. The van der Waals surface area contributed by atoms with Gasteiger partial charge in [-0.05, 0) is 30.2 Å². The highest BCUT2D eigenvalue weighted by atomic mass is 32.1. The lowest BCUT2D eigenvalue weighted by atomic mass is 9.98. The lowest BCUT2D eigenvalue weighted by Gasteiger charge is -2.34. The van der Waals surface area contributed by atoms with E-state index >= 15 is 0 Å². The van der Waals surface area contributed by atoms with E-state index in [2.05, 4.69) is 47.4 Å². The Kier molecular flexibility index (Phi) is 3.13. The van der Waals surface area contributed by atoms with Gasteiger partial charge >= 0.3 is 0 Å². The minimum absolute atomic E-state index is 0.203. The third kappa shape index (κ3) is 2.41. The molecule has 0 bridgehead atoms. The molecule has 3 aromatic rings. The highest BCUT2D eigenvalue weighted by Gasteiger charge is 2.22. The second-order valence-electron chi connectivity index (χ2n) is 5.55. The summed E-state index contributed by atoms with van der Waals surface area (Å²) in [4.78, 5) is 7.10. The second kappa shape index (κ2) is 5.13. The van der Waals surface area contributed by atoms with Crippen LogP contribution in [0.3, 0.4) is 0 Å². The molecule has 0 spiro atoms. The molecule has 0 amide bonds. The van der Waals surface area contributed by atoms with Crippen molar-refractivity contribution in [3.05, 3.63) is 59.1 Å². The van der Waals surface area contributed by atoms with Gasteiger partial charge in [-0.3, -0.25) is 0 Å². The summed E-state index contributed by atoms with van der Waals surface area (Å²) in [6.45, 7) is 1.73. The van der Waals surface area contributed by atoms with Gasteiger partial charge in [-0.25, -0.2) is 4.98 Å². The standard InChI is InChI=1S/C17H17N3S/c18-13-9-12-5-1-3-7-15(12)20(10-13)11-17-19-14-6-2-4-8-16(14)21-17/h1-8,13H,9-11,18H2. The number of benzene rings is 2. The van der Waals surface area contributed by atoms with E-state index in [1.54, 1.807) is 11.3 Å². The van der Waals surface area contributed by atoms with Crippen LogP contribution in [-0.4, -0.2) is 17.6 Å². The molecule has 1 aliphatic heterocycles. The maximum atomic E-state index is 6.21. The van der Waals surface area contributed by atoms with Gasteiger partial charge in [0.25, 0.3) is 0 Å². The van der Waals surface area contributed by atoms with Gasteiger partial charge < -0.3 is 10.6 Å². The quantitative estimate of drug-likeness (QED) is 0.789. The summed E-state index contributed by atoms with van der Waals surface area (Å²) in [7, 11) is 0. The van der Waals surface area contributed by atoms with Crippen LogP contribution in [0.2, 0.25) is 0 Å². The highest BCUT2D eigenvalue weighted by Crippen LogP contribution is 2.29. The maximum absolute atomic E-state index is 6.21. The van der Waals surface area contributed by atoms with Crippen LogP contribution in [0.1, 0.15) is 10.6 Å². The first-order chi connectivity index (χ1) is 10.3. The molecule has 4 heteroatoms. The smallest absolute Gasteiger partial charge is 0.113 e. The van der Waals surface area contributed by atoms with Crippen LogP contribution in [0.15, 0.2) is 48.5 Å². The molecule has 4 rings (SSSR count). The lowest BCUT2D eigenvalue weighted by Crippen LogP contribution is -2.42. The third-order valence-corrected chi connectivity index (χ3v) is 4.95. The molecule has 2 heterocycles. The zero-order valence-corrected chi connectivity index (χ0v) is 12.5. The summed E-state index contributed by atoms with van der Waals surface area (Å²) in [5.74, 6) is 0. The minimum Gasteiger partial charge on any atom is -0.363 e. The number of nitrogens with zero attached hydrogens (tertiary/aromatic N) is 2. The number of anilines is 1. The fourth-order valence-corrected chi connectivity index (χ4v) is 4.00. The lowest BCUT2D eigenvalue weighted by molar-refractivity contribution is 0.598. The molecule has 2 N–H and O–H groups in total. The van der Waals surface area contributed by atoms with Crippen LogP contribution in [-0.2, 0) is 13.0 Å². The summed E-state index contributed by atoms with van der Waals surface area (Å²) in [6.07, 6.45) is 0.965. The molecular formula is C17H17N3S. The van der Waals surface area contributed by atoms with Crippen molar-refractivity contribution in [2.75, 3.05) is 11.4 Å². The normalized spacial score (nSPS) is 18.0. The fraction of sp³-hybridized carbons (Fsp3) is 0.235. The number of thiazole rings is 1. The van der Waals surface area contributed by atoms with E-state index in [0.29, 0.717) is 0 Å². The van der Waals surface area contributed by atoms with Crippen LogP contribution in [0.5, 0.6) is 0 Å². The van der Waals surface area contributed by atoms with Crippen molar-refractivity contribution < 1.29 is 0 Å². The van der Waals surface area contributed by atoms with Crippen LogP contribution in [0, 0.1) is 0 Å². The number of hydrogen-bond acceptors (Lipinski definition) is 4. The SMILES string of the molecule is NC1Cc2ccccc2N(Cc2nc3ccccc3s2)C1. The molecule has 106 valence electrons. The van der Waals surface area contributed by atoms with Gasteiger partial charge in [-0.2, -0.15) is 0 Å². The van der Waals surface area contributed by atoms with Crippen LogP contribution in [0.4, 0.5) is 5.69 Å². The van der Waals surface area contributed by atoms with Crippen LogP contribution >= 0.6 is 11.3 Å². The molecular weight excluding hydrogens is 278 g/mol. The van der Waals surface area contributed by atoms with E-state index in [1.165, 1.54) is 16.0 Å². The van der Waals surface area contributed by atoms with Crippen LogP contribution in [0.25, 0.3) is 10.2 Å². The number of fused-ring (bicyclic) bond motifs is 2. The van der Waals surface area contributed by atoms with Gasteiger partial charge in [-0.15, -0.1) is 11.3 Å². The van der Waals surface area contributed by atoms with Crippen molar-refractivity contribution in [1.29, 1.82) is 0 Å². The molecule has 1 atom stereocenters. The molecule has 1 aliphatic rings. The number of aromatic nitrogens is 1. The summed E-state index contributed by atoms with van der Waals surface area (Å²) in [5.41, 5.74) is 9.95. The molecule has 21 heavy (non-hydrogen) atoms. The van der Waals surface area contributed by atoms with Gasteiger partial charge in [0.15, 0.2) is 0 Å². The van der Waals surface area contributed by atoms with E-state index in [4.69, 9.17) is 10.7 Å². The maximum Gasteiger partial charge on any atom is 0.113 e. The van der Waals surface area contributed by atoms with E-state index < -0.39 is 0 Å². The molecule has 0 saturated carbocycles. The number of para-hydroxylation sites is 2. The molecule has 0 aliphatic carbocycles. The molecule has 2 aromatic carbocycles. The molecule has 0 saturated heterocycles. The Hall–Kier alpha value is -1.91. The number of rotatable bonds is 2. The van der Waals surface area contributed by atoms with Crippen molar-refractivity contribution in [2.24, 2.45) is 5.73 Å². The summed E-state index contributed by atoms with van der Waals surface area (Å²) < 4.78 is 1.25. The predicted molar refractivity (Wildman–Crippen MR) is 88.8 cm³/mol. The van der Waals surface area contributed by atoms with Crippen molar-refractivity contribution in [3.8, 4) is 0 Å². The van der Waals surface area contributed by atoms with Gasteiger partial charge in [0.2, 0.25) is 0 Å². The molecule has 3 nitrogen and oxygen atoms in total. The number of hydrogen-bond donors (Lipinski definition) is 1. The second-order valence-corrected chi connectivity index (χ2v) is 6.66. The predicted octanol–water partition coefficient (Wildman–Crippen LogP) is 3.19. The summed E-state index contributed by atoms with van der Waals surface area (Å²) >= 11 is 1.77. The minimum atomic E-state index is 0.203. The van der Waals surface area contributed by atoms with E-state index in [9.17, 15) is 0 Å². The van der Waals surface area contributed by atoms with Crippen molar-refractivity contribution in [2.45, 2.75) is 19.0 Å². The fourth-order valence-electron chi connectivity index (χ4n) is 3.02. The zero-order chi connectivity index (χ0) is 14.2. The highest BCUT2D eigenvalue weighted by molar-refractivity contribution is 7.18. The average molecular weight is 295 g/mol. The molecule has 0 radical (unpaired) electrons. The van der Waals surface area contributed by atoms with E-state index in [-0.39, 0.29) is 6.04 Å². The van der Waals surface area contributed by atoms with E-state index in [1.807, 2.05) is 6.07 Å². The summed E-state index contributed by atoms with van der Waals surface area (Å²) in [6, 6.07) is 17.1.